The highest BCUT2D eigenvalue weighted by Gasteiger charge is 2.34. The Labute approximate surface area is 161 Å². The number of hydrogen-bond donors (Lipinski definition) is 0. The zero-order valence-corrected chi connectivity index (χ0v) is 16.3. The van der Waals surface area contributed by atoms with Crippen LogP contribution in [0.4, 0.5) is 9.18 Å². The second kappa shape index (κ2) is 8.12. The van der Waals surface area contributed by atoms with Gasteiger partial charge in [-0.15, -0.1) is 0 Å². The first-order chi connectivity index (χ1) is 12.8. The summed E-state index contributed by atoms with van der Waals surface area (Å²) in [4.78, 5) is 14.5. The summed E-state index contributed by atoms with van der Waals surface area (Å²) in [6.07, 6.45) is 2.41. The van der Waals surface area contributed by atoms with E-state index in [1.165, 1.54) is 6.07 Å². The lowest BCUT2D eigenvalue weighted by Gasteiger charge is -2.31. The van der Waals surface area contributed by atoms with Crippen molar-refractivity contribution in [2.45, 2.75) is 57.6 Å². The molecule has 0 saturated carbocycles. The average Bonchev–Trinajstić information content (AvgIpc) is 3.07. The molecule has 0 aliphatic carbocycles. The number of halogens is 1. The molecule has 4 heteroatoms. The SMILES string of the molecule is CC(C)(C)OC(=O)N1CCC[C@@H]1CC(c1ccccc1)c1cccc(F)c1. The second-order valence-corrected chi connectivity index (χ2v) is 8.22. The van der Waals surface area contributed by atoms with E-state index in [9.17, 15) is 9.18 Å². The molecule has 1 aliphatic rings. The summed E-state index contributed by atoms with van der Waals surface area (Å²) in [6.45, 7) is 6.37. The van der Waals surface area contributed by atoms with Crippen molar-refractivity contribution in [3.63, 3.8) is 0 Å². The van der Waals surface area contributed by atoms with Crippen molar-refractivity contribution in [3.8, 4) is 0 Å². The van der Waals surface area contributed by atoms with E-state index in [0.29, 0.717) is 6.54 Å². The Kier molecular flexibility index (Phi) is 5.83. The Morgan fingerprint density at radius 3 is 2.52 bits per heavy atom. The Morgan fingerprint density at radius 2 is 1.85 bits per heavy atom. The van der Waals surface area contributed by atoms with Gasteiger partial charge >= 0.3 is 6.09 Å². The Bertz CT molecular complexity index is 769. The van der Waals surface area contributed by atoms with Crippen LogP contribution in [0, 0.1) is 5.82 Å². The van der Waals surface area contributed by atoms with Crippen molar-refractivity contribution in [2.75, 3.05) is 6.54 Å². The standard InChI is InChI=1S/C23H28FNO2/c1-23(2,3)27-22(26)25-14-8-13-20(25)16-21(17-9-5-4-6-10-17)18-11-7-12-19(24)15-18/h4-7,9-12,15,20-21H,8,13-14,16H2,1-3H3/t20-,21?/m1/s1. The molecule has 1 heterocycles. The van der Waals surface area contributed by atoms with Crippen LogP contribution in [0.2, 0.25) is 0 Å². The molecule has 1 aliphatic heterocycles. The molecule has 1 amide bonds. The van der Waals surface area contributed by atoms with E-state index in [2.05, 4.69) is 12.1 Å². The van der Waals surface area contributed by atoms with Crippen molar-refractivity contribution < 1.29 is 13.9 Å². The first-order valence-electron chi connectivity index (χ1n) is 9.63. The molecule has 1 saturated heterocycles. The van der Waals surface area contributed by atoms with E-state index in [4.69, 9.17) is 4.74 Å². The summed E-state index contributed by atoms with van der Waals surface area (Å²) < 4.78 is 19.5. The monoisotopic (exact) mass is 369 g/mol. The molecule has 1 unspecified atom stereocenters. The molecule has 2 aromatic carbocycles. The largest absolute Gasteiger partial charge is 0.444 e. The fourth-order valence-corrected chi connectivity index (χ4v) is 3.79. The van der Waals surface area contributed by atoms with E-state index in [-0.39, 0.29) is 23.9 Å². The van der Waals surface area contributed by atoms with Crippen LogP contribution in [0.5, 0.6) is 0 Å². The number of hydrogen-bond acceptors (Lipinski definition) is 2. The summed E-state index contributed by atoms with van der Waals surface area (Å²) in [5.41, 5.74) is 1.57. The van der Waals surface area contributed by atoms with Crippen molar-refractivity contribution in [1.29, 1.82) is 0 Å². The molecule has 2 atom stereocenters. The molecule has 3 nitrogen and oxygen atoms in total. The number of rotatable bonds is 4. The van der Waals surface area contributed by atoms with Gasteiger partial charge in [-0.2, -0.15) is 0 Å². The second-order valence-electron chi connectivity index (χ2n) is 8.22. The van der Waals surface area contributed by atoms with E-state index in [1.54, 1.807) is 12.1 Å². The number of carbonyl (C=O) groups is 1. The molecule has 0 aromatic heterocycles. The van der Waals surface area contributed by atoms with Crippen LogP contribution in [0.1, 0.15) is 57.1 Å². The smallest absolute Gasteiger partial charge is 0.410 e. The van der Waals surface area contributed by atoms with Gasteiger partial charge in [0.05, 0.1) is 0 Å². The van der Waals surface area contributed by atoms with Crippen LogP contribution >= 0.6 is 0 Å². The number of likely N-dealkylation sites (tertiary alicyclic amines) is 1. The number of benzene rings is 2. The number of amides is 1. The van der Waals surface area contributed by atoms with Gasteiger partial charge < -0.3 is 9.64 Å². The van der Waals surface area contributed by atoms with E-state index >= 15 is 0 Å². The van der Waals surface area contributed by atoms with Gasteiger partial charge in [0.1, 0.15) is 11.4 Å². The van der Waals surface area contributed by atoms with Crippen LogP contribution in [0.15, 0.2) is 54.6 Å². The summed E-state index contributed by atoms with van der Waals surface area (Å²) in [6, 6.07) is 17.0. The normalized spacial score (nSPS) is 18.4. The highest BCUT2D eigenvalue weighted by atomic mass is 19.1. The van der Waals surface area contributed by atoms with Gasteiger partial charge in [-0.3, -0.25) is 0 Å². The van der Waals surface area contributed by atoms with Gasteiger partial charge in [-0.1, -0.05) is 42.5 Å². The van der Waals surface area contributed by atoms with Crippen molar-refractivity contribution >= 4 is 6.09 Å². The van der Waals surface area contributed by atoms with Gasteiger partial charge in [-0.05, 0) is 63.3 Å². The Balaban J connectivity index is 1.84. The van der Waals surface area contributed by atoms with Gasteiger partial charge in [0.15, 0.2) is 0 Å². The van der Waals surface area contributed by atoms with Crippen LogP contribution in [0.3, 0.4) is 0 Å². The molecular formula is C23H28FNO2. The summed E-state index contributed by atoms with van der Waals surface area (Å²) in [5, 5.41) is 0. The zero-order chi connectivity index (χ0) is 19.4. The van der Waals surface area contributed by atoms with Crippen molar-refractivity contribution in [1.82, 2.24) is 4.90 Å². The summed E-state index contributed by atoms with van der Waals surface area (Å²) in [5.74, 6) is -0.196. The van der Waals surface area contributed by atoms with Crippen molar-refractivity contribution in [3.05, 3.63) is 71.5 Å². The molecule has 2 aromatic rings. The molecular weight excluding hydrogens is 341 g/mol. The van der Waals surface area contributed by atoms with Crippen LogP contribution in [-0.2, 0) is 4.74 Å². The van der Waals surface area contributed by atoms with E-state index < -0.39 is 5.60 Å². The minimum absolute atomic E-state index is 0.0370. The maximum Gasteiger partial charge on any atom is 0.410 e. The molecule has 144 valence electrons. The number of carbonyl (C=O) groups excluding carboxylic acids is 1. The fraction of sp³-hybridized carbons (Fsp3) is 0.435. The van der Waals surface area contributed by atoms with Gasteiger partial charge in [0.2, 0.25) is 0 Å². The summed E-state index contributed by atoms with van der Waals surface area (Å²) >= 11 is 0. The lowest BCUT2D eigenvalue weighted by molar-refractivity contribution is 0.0217. The number of nitrogens with zero attached hydrogens (tertiary/aromatic N) is 1. The fourth-order valence-electron chi connectivity index (χ4n) is 3.79. The minimum Gasteiger partial charge on any atom is -0.444 e. The molecule has 3 rings (SSSR count). The first-order valence-corrected chi connectivity index (χ1v) is 9.63. The predicted molar refractivity (Wildman–Crippen MR) is 105 cm³/mol. The highest BCUT2D eigenvalue weighted by Crippen LogP contribution is 2.34. The van der Waals surface area contributed by atoms with Gasteiger partial charge in [0.25, 0.3) is 0 Å². The third-order valence-electron chi connectivity index (χ3n) is 4.97. The maximum absolute atomic E-state index is 13.9. The molecule has 27 heavy (non-hydrogen) atoms. The van der Waals surface area contributed by atoms with Gasteiger partial charge in [-0.25, -0.2) is 9.18 Å². The topological polar surface area (TPSA) is 29.5 Å². The van der Waals surface area contributed by atoms with Crippen LogP contribution in [0.25, 0.3) is 0 Å². The third kappa shape index (κ3) is 5.09. The lowest BCUT2D eigenvalue weighted by atomic mass is 9.85. The average molecular weight is 369 g/mol. The highest BCUT2D eigenvalue weighted by molar-refractivity contribution is 5.69. The lowest BCUT2D eigenvalue weighted by Crippen LogP contribution is -2.40. The molecule has 0 radical (unpaired) electrons. The quantitative estimate of drug-likeness (QED) is 0.687. The zero-order valence-electron chi connectivity index (χ0n) is 16.3. The van der Waals surface area contributed by atoms with Crippen LogP contribution in [-0.4, -0.2) is 29.2 Å². The first kappa shape index (κ1) is 19.4. The molecule has 1 fully saturated rings. The molecule has 0 N–H and O–H groups in total. The minimum atomic E-state index is -0.508. The number of ether oxygens (including phenoxy) is 1. The predicted octanol–water partition coefficient (Wildman–Crippen LogP) is 5.75. The molecule has 0 bridgehead atoms. The third-order valence-corrected chi connectivity index (χ3v) is 4.97. The van der Waals surface area contributed by atoms with E-state index in [1.807, 2.05) is 49.9 Å². The Morgan fingerprint density at radius 1 is 1.15 bits per heavy atom. The van der Waals surface area contributed by atoms with Crippen molar-refractivity contribution in [2.24, 2.45) is 0 Å². The van der Waals surface area contributed by atoms with Gasteiger partial charge in [0, 0.05) is 18.5 Å². The summed E-state index contributed by atoms with van der Waals surface area (Å²) in [7, 11) is 0. The Hall–Kier alpha value is -2.36. The van der Waals surface area contributed by atoms with Crippen LogP contribution < -0.4 is 0 Å². The maximum atomic E-state index is 13.9. The van der Waals surface area contributed by atoms with E-state index in [0.717, 1.165) is 30.4 Å². The molecule has 0 spiro atoms.